The molecule has 1 aliphatic heterocycles. The van der Waals surface area contributed by atoms with E-state index >= 15 is 0 Å². The van der Waals surface area contributed by atoms with E-state index in [2.05, 4.69) is 0 Å². The molecule has 1 saturated heterocycles. The average Bonchev–Trinajstić information content (AvgIpc) is 2.68. The highest BCUT2D eigenvalue weighted by Crippen LogP contribution is 2.31. The van der Waals surface area contributed by atoms with Gasteiger partial charge in [-0.05, 0) is 37.0 Å². The van der Waals surface area contributed by atoms with Crippen molar-refractivity contribution in [2.24, 2.45) is 5.92 Å². The number of nitrogens with zero attached hydrogens (tertiary/aromatic N) is 2. The van der Waals surface area contributed by atoms with E-state index in [0.717, 1.165) is 42.1 Å². The Labute approximate surface area is 163 Å². The highest BCUT2D eigenvalue weighted by molar-refractivity contribution is 7.89. The molecule has 1 aromatic carbocycles. The lowest BCUT2D eigenvalue weighted by Crippen LogP contribution is -2.50. The molecule has 0 radical (unpaired) electrons. The Bertz CT molecular complexity index is 797. The summed E-state index contributed by atoms with van der Waals surface area (Å²) in [5.74, 6) is 0.455. The molecule has 5 nitrogen and oxygen atoms in total. The smallest absolute Gasteiger partial charge is 0.340 e. The first kappa shape index (κ1) is 21.1. The SMILES string of the molecule is O=C(CC1CCCCC1)N1CCN(S(=O)(=O)c2cccc(C(F)(F)F)c2)CC1. The summed E-state index contributed by atoms with van der Waals surface area (Å²) in [4.78, 5) is 13.8. The van der Waals surface area contributed by atoms with E-state index in [1.807, 2.05) is 0 Å². The minimum absolute atomic E-state index is 0.0445. The number of halogens is 3. The van der Waals surface area contributed by atoms with Gasteiger partial charge in [0, 0.05) is 32.6 Å². The molecule has 1 heterocycles. The van der Waals surface area contributed by atoms with Gasteiger partial charge in [-0.3, -0.25) is 4.79 Å². The van der Waals surface area contributed by atoms with E-state index in [9.17, 15) is 26.4 Å². The van der Waals surface area contributed by atoms with Crippen LogP contribution >= 0.6 is 0 Å². The van der Waals surface area contributed by atoms with Gasteiger partial charge < -0.3 is 4.90 Å². The molecule has 9 heteroatoms. The second-order valence-electron chi connectivity index (χ2n) is 7.52. The summed E-state index contributed by atoms with van der Waals surface area (Å²) in [5, 5.41) is 0. The molecule has 2 aliphatic rings. The maximum Gasteiger partial charge on any atom is 0.416 e. The first-order chi connectivity index (χ1) is 13.2. The molecule has 0 bridgehead atoms. The third-order valence-corrected chi connectivity index (χ3v) is 7.47. The molecule has 0 aromatic heterocycles. The van der Waals surface area contributed by atoms with E-state index in [1.165, 1.54) is 12.5 Å². The molecule has 1 saturated carbocycles. The Morgan fingerprint density at radius 1 is 1.04 bits per heavy atom. The van der Waals surface area contributed by atoms with Crippen LogP contribution in [0.3, 0.4) is 0 Å². The Morgan fingerprint density at radius 3 is 2.29 bits per heavy atom. The van der Waals surface area contributed by atoms with Crippen LogP contribution in [0.25, 0.3) is 0 Å². The molecular formula is C19H25F3N2O3S. The van der Waals surface area contributed by atoms with Gasteiger partial charge in [-0.2, -0.15) is 17.5 Å². The van der Waals surface area contributed by atoms with Crippen LogP contribution in [0, 0.1) is 5.92 Å². The van der Waals surface area contributed by atoms with Gasteiger partial charge in [-0.25, -0.2) is 8.42 Å². The monoisotopic (exact) mass is 418 g/mol. The minimum Gasteiger partial charge on any atom is -0.340 e. The van der Waals surface area contributed by atoms with Gasteiger partial charge in [-0.1, -0.05) is 25.3 Å². The zero-order chi connectivity index (χ0) is 20.4. The molecule has 28 heavy (non-hydrogen) atoms. The molecule has 2 fully saturated rings. The maximum atomic E-state index is 12.9. The number of benzene rings is 1. The Balaban J connectivity index is 1.61. The molecule has 1 aromatic rings. The fourth-order valence-corrected chi connectivity index (χ4v) is 5.40. The van der Waals surface area contributed by atoms with Crippen molar-refractivity contribution in [2.45, 2.75) is 49.6 Å². The van der Waals surface area contributed by atoms with Gasteiger partial charge in [0.2, 0.25) is 15.9 Å². The standard InChI is InChI=1S/C19H25F3N2O3S/c20-19(21,22)16-7-4-8-17(14-16)28(26,27)24-11-9-23(10-12-24)18(25)13-15-5-2-1-3-6-15/h4,7-8,14-15H,1-3,5-6,9-13H2. The normalized spacial score (nSPS) is 20.3. The van der Waals surface area contributed by atoms with Crippen LogP contribution in [-0.2, 0) is 21.0 Å². The summed E-state index contributed by atoms with van der Waals surface area (Å²) in [6, 6.07) is 3.78. The summed E-state index contributed by atoms with van der Waals surface area (Å²) in [5.41, 5.74) is -0.991. The van der Waals surface area contributed by atoms with Crippen LogP contribution in [0.1, 0.15) is 44.1 Å². The van der Waals surface area contributed by atoms with Crippen molar-refractivity contribution >= 4 is 15.9 Å². The number of amides is 1. The maximum absolute atomic E-state index is 12.9. The van der Waals surface area contributed by atoms with E-state index in [-0.39, 0.29) is 37.0 Å². The van der Waals surface area contributed by atoms with E-state index < -0.39 is 21.8 Å². The van der Waals surface area contributed by atoms with Gasteiger partial charge in [-0.15, -0.1) is 0 Å². The third kappa shape index (κ3) is 4.86. The molecule has 0 atom stereocenters. The van der Waals surface area contributed by atoms with Gasteiger partial charge in [0.05, 0.1) is 10.5 Å². The zero-order valence-corrected chi connectivity index (χ0v) is 16.4. The first-order valence-corrected chi connectivity index (χ1v) is 11.1. The van der Waals surface area contributed by atoms with E-state index in [4.69, 9.17) is 0 Å². The average molecular weight is 418 g/mol. The van der Waals surface area contributed by atoms with Crippen LogP contribution in [0.4, 0.5) is 13.2 Å². The van der Waals surface area contributed by atoms with Crippen molar-refractivity contribution in [1.29, 1.82) is 0 Å². The minimum atomic E-state index is -4.60. The largest absolute Gasteiger partial charge is 0.416 e. The molecule has 1 amide bonds. The fourth-order valence-electron chi connectivity index (χ4n) is 3.93. The predicted octanol–water partition coefficient (Wildman–Crippen LogP) is 3.51. The number of rotatable bonds is 4. The summed E-state index contributed by atoms with van der Waals surface area (Å²) in [6.07, 6.45) is 1.56. The molecule has 0 spiro atoms. The highest BCUT2D eigenvalue weighted by atomic mass is 32.2. The lowest BCUT2D eigenvalue weighted by atomic mass is 9.86. The van der Waals surface area contributed by atoms with Crippen molar-refractivity contribution in [2.75, 3.05) is 26.2 Å². The summed E-state index contributed by atoms with van der Waals surface area (Å²) >= 11 is 0. The van der Waals surface area contributed by atoms with Crippen molar-refractivity contribution in [3.05, 3.63) is 29.8 Å². The topological polar surface area (TPSA) is 57.7 Å². The Kier molecular flexibility index (Phi) is 6.34. The van der Waals surface area contributed by atoms with Crippen LogP contribution in [0.2, 0.25) is 0 Å². The number of sulfonamides is 1. The van der Waals surface area contributed by atoms with Crippen molar-refractivity contribution in [3.63, 3.8) is 0 Å². The van der Waals surface area contributed by atoms with E-state index in [1.54, 1.807) is 4.90 Å². The predicted molar refractivity (Wildman–Crippen MR) is 98.0 cm³/mol. The molecule has 156 valence electrons. The number of hydrogen-bond acceptors (Lipinski definition) is 3. The summed E-state index contributed by atoms with van der Waals surface area (Å²) < 4.78 is 65.2. The number of hydrogen-bond donors (Lipinski definition) is 0. The number of carbonyl (C=O) groups is 1. The third-order valence-electron chi connectivity index (χ3n) is 5.58. The Hall–Kier alpha value is -1.61. The van der Waals surface area contributed by atoms with Crippen molar-refractivity contribution < 1.29 is 26.4 Å². The molecule has 0 unspecified atom stereocenters. The summed E-state index contributed by atoms with van der Waals surface area (Å²) in [7, 11) is -4.03. The summed E-state index contributed by atoms with van der Waals surface area (Å²) in [6.45, 7) is 0.720. The quantitative estimate of drug-likeness (QED) is 0.752. The van der Waals surface area contributed by atoms with E-state index in [0.29, 0.717) is 18.4 Å². The van der Waals surface area contributed by atoms with Gasteiger partial charge in [0.25, 0.3) is 0 Å². The van der Waals surface area contributed by atoms with Gasteiger partial charge in [0.15, 0.2) is 0 Å². The number of piperazine rings is 1. The van der Waals surface area contributed by atoms with Crippen molar-refractivity contribution in [3.8, 4) is 0 Å². The van der Waals surface area contributed by atoms with Crippen LogP contribution in [0.5, 0.6) is 0 Å². The lowest BCUT2D eigenvalue weighted by molar-refractivity contribution is -0.137. The number of carbonyl (C=O) groups excluding carboxylic acids is 1. The van der Waals surface area contributed by atoms with Crippen LogP contribution < -0.4 is 0 Å². The van der Waals surface area contributed by atoms with Gasteiger partial charge in [0.1, 0.15) is 0 Å². The van der Waals surface area contributed by atoms with Crippen LogP contribution in [0.15, 0.2) is 29.2 Å². The van der Waals surface area contributed by atoms with Crippen LogP contribution in [-0.4, -0.2) is 49.7 Å². The first-order valence-electron chi connectivity index (χ1n) is 9.63. The Morgan fingerprint density at radius 2 is 1.68 bits per heavy atom. The molecule has 3 rings (SSSR count). The number of alkyl halides is 3. The second kappa shape index (κ2) is 8.41. The van der Waals surface area contributed by atoms with Crippen molar-refractivity contribution in [1.82, 2.24) is 9.21 Å². The zero-order valence-electron chi connectivity index (χ0n) is 15.6. The molecular weight excluding hydrogens is 393 g/mol. The molecule has 1 aliphatic carbocycles. The second-order valence-corrected chi connectivity index (χ2v) is 9.46. The highest BCUT2D eigenvalue weighted by Gasteiger charge is 2.34. The van der Waals surface area contributed by atoms with Gasteiger partial charge >= 0.3 is 6.18 Å². The molecule has 0 N–H and O–H groups in total. The lowest BCUT2D eigenvalue weighted by Gasteiger charge is -2.35. The fraction of sp³-hybridized carbons (Fsp3) is 0.632.